The Bertz CT molecular complexity index is 716. The van der Waals surface area contributed by atoms with Crippen LogP contribution in [0.5, 0.6) is 11.5 Å². The standard InChI is InChI=1S/C13H10O6S/c14-10-3-5-11(6-4-10)19-20(17,18)12-7-1-9(2-8-12)13(15)16/h1-8,14H,(H,15,16). The molecule has 2 N–H and O–H groups in total. The number of carbonyl (C=O) groups is 1. The molecule has 0 saturated carbocycles. The van der Waals surface area contributed by atoms with E-state index in [0.717, 1.165) is 12.1 Å². The molecule has 0 radical (unpaired) electrons. The Hall–Kier alpha value is -2.54. The molecule has 0 aliphatic carbocycles. The van der Waals surface area contributed by atoms with Gasteiger partial charge in [-0.25, -0.2) is 4.79 Å². The molecule has 7 heteroatoms. The van der Waals surface area contributed by atoms with E-state index >= 15 is 0 Å². The van der Waals surface area contributed by atoms with Crippen molar-refractivity contribution >= 4 is 16.1 Å². The van der Waals surface area contributed by atoms with E-state index in [1.165, 1.54) is 36.4 Å². The summed E-state index contributed by atoms with van der Waals surface area (Å²) in [6.07, 6.45) is 0. The maximum atomic E-state index is 11.9. The van der Waals surface area contributed by atoms with Crippen molar-refractivity contribution in [2.75, 3.05) is 0 Å². The number of hydrogen-bond acceptors (Lipinski definition) is 5. The molecule has 0 aliphatic rings. The number of carboxylic acids is 1. The Morgan fingerprint density at radius 2 is 1.50 bits per heavy atom. The molecule has 0 amide bonds. The van der Waals surface area contributed by atoms with Crippen molar-refractivity contribution in [1.82, 2.24) is 0 Å². The molecule has 104 valence electrons. The van der Waals surface area contributed by atoms with Crippen LogP contribution in [-0.4, -0.2) is 24.6 Å². The molecule has 6 nitrogen and oxygen atoms in total. The van der Waals surface area contributed by atoms with Gasteiger partial charge in [-0.05, 0) is 48.5 Å². The van der Waals surface area contributed by atoms with Crippen LogP contribution in [0.1, 0.15) is 10.4 Å². The average Bonchev–Trinajstić information content (AvgIpc) is 2.41. The monoisotopic (exact) mass is 294 g/mol. The lowest BCUT2D eigenvalue weighted by Gasteiger charge is -2.07. The minimum absolute atomic E-state index is 0.0134. The summed E-state index contributed by atoms with van der Waals surface area (Å²) in [5.74, 6) is -1.11. The van der Waals surface area contributed by atoms with Crippen LogP contribution < -0.4 is 4.18 Å². The van der Waals surface area contributed by atoms with E-state index in [4.69, 9.17) is 14.4 Å². The molecule has 0 fully saturated rings. The highest BCUT2D eigenvalue weighted by Crippen LogP contribution is 2.21. The molecule has 20 heavy (non-hydrogen) atoms. The van der Waals surface area contributed by atoms with E-state index in [1.54, 1.807) is 0 Å². The first kappa shape index (κ1) is 13.9. The van der Waals surface area contributed by atoms with Crippen molar-refractivity contribution in [2.45, 2.75) is 4.90 Å². The van der Waals surface area contributed by atoms with Gasteiger partial charge in [-0.2, -0.15) is 8.42 Å². The van der Waals surface area contributed by atoms with Gasteiger partial charge in [0.25, 0.3) is 0 Å². The zero-order valence-corrected chi connectivity index (χ0v) is 10.9. The van der Waals surface area contributed by atoms with Gasteiger partial charge in [-0.3, -0.25) is 0 Å². The topological polar surface area (TPSA) is 101 Å². The van der Waals surface area contributed by atoms with E-state index < -0.39 is 16.1 Å². The van der Waals surface area contributed by atoms with Crippen molar-refractivity contribution in [1.29, 1.82) is 0 Å². The van der Waals surface area contributed by atoms with Gasteiger partial charge in [-0.1, -0.05) is 0 Å². The molecule has 0 spiro atoms. The summed E-state index contributed by atoms with van der Waals surface area (Å²) in [5.41, 5.74) is -0.0198. The van der Waals surface area contributed by atoms with Crippen molar-refractivity contribution in [3.8, 4) is 11.5 Å². The highest BCUT2D eigenvalue weighted by atomic mass is 32.2. The molecule has 0 unspecified atom stereocenters. The summed E-state index contributed by atoms with van der Waals surface area (Å²) in [5, 5.41) is 17.8. The zero-order valence-electron chi connectivity index (χ0n) is 10.1. The summed E-state index contributed by atoms with van der Waals surface area (Å²) >= 11 is 0. The Labute approximate surface area is 115 Å². The third kappa shape index (κ3) is 3.07. The Morgan fingerprint density at radius 1 is 0.950 bits per heavy atom. The largest absolute Gasteiger partial charge is 0.508 e. The normalized spacial score (nSPS) is 11.0. The molecule has 0 heterocycles. The van der Waals surface area contributed by atoms with Crippen molar-refractivity contribution in [2.24, 2.45) is 0 Å². The fourth-order valence-electron chi connectivity index (χ4n) is 1.44. The van der Waals surface area contributed by atoms with E-state index in [1.807, 2.05) is 0 Å². The van der Waals surface area contributed by atoms with Crippen molar-refractivity contribution in [3.63, 3.8) is 0 Å². The molecule has 2 aromatic carbocycles. The Balaban J connectivity index is 2.26. The second-order valence-electron chi connectivity index (χ2n) is 3.86. The van der Waals surface area contributed by atoms with E-state index in [2.05, 4.69) is 0 Å². The van der Waals surface area contributed by atoms with Crippen LogP contribution in [-0.2, 0) is 10.1 Å². The summed E-state index contributed by atoms with van der Waals surface area (Å²) in [6.45, 7) is 0. The third-order valence-electron chi connectivity index (χ3n) is 2.43. The van der Waals surface area contributed by atoms with Crippen LogP contribution >= 0.6 is 0 Å². The second-order valence-corrected chi connectivity index (χ2v) is 5.41. The van der Waals surface area contributed by atoms with Crippen LogP contribution in [0, 0.1) is 0 Å². The van der Waals surface area contributed by atoms with Crippen molar-refractivity contribution < 1.29 is 27.6 Å². The molecule has 0 saturated heterocycles. The molecule has 0 atom stereocenters. The maximum Gasteiger partial charge on any atom is 0.339 e. The van der Waals surface area contributed by atoms with Crippen LogP contribution in [0.25, 0.3) is 0 Å². The zero-order chi connectivity index (χ0) is 14.8. The number of aromatic carboxylic acids is 1. The van der Waals surface area contributed by atoms with Crippen LogP contribution in [0.15, 0.2) is 53.4 Å². The van der Waals surface area contributed by atoms with Gasteiger partial charge >= 0.3 is 16.1 Å². The SMILES string of the molecule is O=C(O)c1ccc(S(=O)(=O)Oc2ccc(O)cc2)cc1. The van der Waals surface area contributed by atoms with Crippen molar-refractivity contribution in [3.05, 3.63) is 54.1 Å². The molecular formula is C13H10O6S. The summed E-state index contributed by atoms with van der Waals surface area (Å²) in [7, 11) is -4.04. The van der Waals surface area contributed by atoms with Crippen LogP contribution in [0.2, 0.25) is 0 Å². The number of rotatable bonds is 4. The maximum absolute atomic E-state index is 11.9. The highest BCUT2D eigenvalue weighted by molar-refractivity contribution is 7.87. The minimum atomic E-state index is -4.04. The number of aromatic hydroxyl groups is 1. The fourth-order valence-corrected chi connectivity index (χ4v) is 2.37. The first-order valence-electron chi connectivity index (χ1n) is 5.45. The number of phenols is 1. The van der Waals surface area contributed by atoms with Crippen LogP contribution in [0.4, 0.5) is 0 Å². The van der Waals surface area contributed by atoms with E-state index in [-0.39, 0.29) is 22.0 Å². The number of benzene rings is 2. The molecular weight excluding hydrogens is 284 g/mol. The van der Waals surface area contributed by atoms with Crippen LogP contribution in [0.3, 0.4) is 0 Å². The predicted octanol–water partition coefficient (Wildman–Crippen LogP) is 1.86. The van der Waals surface area contributed by atoms with Gasteiger partial charge in [0, 0.05) is 0 Å². The second kappa shape index (κ2) is 5.22. The van der Waals surface area contributed by atoms with E-state index in [9.17, 15) is 13.2 Å². The lowest BCUT2D eigenvalue weighted by molar-refractivity contribution is 0.0696. The number of hydrogen-bond donors (Lipinski definition) is 2. The predicted molar refractivity (Wildman–Crippen MR) is 69.3 cm³/mol. The van der Waals surface area contributed by atoms with Gasteiger partial charge in [0.1, 0.15) is 16.4 Å². The van der Waals surface area contributed by atoms with Gasteiger partial charge in [-0.15, -0.1) is 0 Å². The van der Waals surface area contributed by atoms with Gasteiger partial charge in [0.2, 0.25) is 0 Å². The number of carboxylic acid groups (broad SMARTS) is 1. The van der Waals surface area contributed by atoms with Gasteiger partial charge in [0.05, 0.1) is 5.56 Å². The van der Waals surface area contributed by atoms with Gasteiger partial charge < -0.3 is 14.4 Å². The lowest BCUT2D eigenvalue weighted by Crippen LogP contribution is -2.10. The number of phenolic OH excluding ortho intramolecular Hbond substituents is 1. The quantitative estimate of drug-likeness (QED) is 0.835. The first-order chi connectivity index (χ1) is 9.38. The first-order valence-corrected chi connectivity index (χ1v) is 6.86. The molecule has 2 aromatic rings. The summed E-state index contributed by atoms with van der Waals surface area (Å²) in [6, 6.07) is 9.84. The molecule has 0 aliphatic heterocycles. The van der Waals surface area contributed by atoms with E-state index in [0.29, 0.717) is 0 Å². The highest BCUT2D eigenvalue weighted by Gasteiger charge is 2.17. The minimum Gasteiger partial charge on any atom is -0.508 e. The molecule has 0 aromatic heterocycles. The fraction of sp³-hybridized carbons (Fsp3) is 0. The molecule has 2 rings (SSSR count). The average molecular weight is 294 g/mol. The van der Waals surface area contributed by atoms with Gasteiger partial charge in [0.15, 0.2) is 0 Å². The summed E-state index contributed by atoms with van der Waals surface area (Å²) < 4.78 is 28.7. The summed E-state index contributed by atoms with van der Waals surface area (Å²) in [4.78, 5) is 10.5. The Morgan fingerprint density at radius 3 is 2.00 bits per heavy atom. The molecule has 0 bridgehead atoms. The lowest BCUT2D eigenvalue weighted by atomic mass is 10.2. The smallest absolute Gasteiger partial charge is 0.339 e. The Kier molecular flexibility index (Phi) is 3.62. The third-order valence-corrected chi connectivity index (χ3v) is 3.69.